The number of aryl methyl sites for hydroxylation is 1. The Kier molecular flexibility index (Phi) is 1.88. The monoisotopic (exact) mass is 188 g/mol. The summed E-state index contributed by atoms with van der Waals surface area (Å²) in [5.74, 6) is 0. The van der Waals surface area contributed by atoms with Gasteiger partial charge < -0.3 is 4.40 Å². The highest BCUT2D eigenvalue weighted by atomic mass is 15.0. The Morgan fingerprint density at radius 3 is 2.57 bits per heavy atom. The standard InChI is InChI=1S/C12H16N2/c1-9-11(12(2,3)4)6-5-10-7-13-8-14(9)10/h5-8H,1-4H3. The summed E-state index contributed by atoms with van der Waals surface area (Å²) in [6, 6.07) is 4.33. The Morgan fingerprint density at radius 2 is 1.93 bits per heavy atom. The van der Waals surface area contributed by atoms with Crippen LogP contribution in [0.1, 0.15) is 32.0 Å². The lowest BCUT2D eigenvalue weighted by atomic mass is 9.86. The number of rotatable bonds is 0. The Morgan fingerprint density at radius 1 is 1.21 bits per heavy atom. The maximum Gasteiger partial charge on any atom is 0.0994 e. The van der Waals surface area contributed by atoms with Crippen molar-refractivity contribution in [2.75, 3.05) is 0 Å². The molecule has 0 aliphatic heterocycles. The van der Waals surface area contributed by atoms with Crippen molar-refractivity contribution in [1.29, 1.82) is 0 Å². The highest BCUT2D eigenvalue weighted by Crippen LogP contribution is 2.26. The molecule has 0 radical (unpaired) electrons. The first-order valence-electron chi connectivity index (χ1n) is 4.92. The first-order valence-corrected chi connectivity index (χ1v) is 4.92. The van der Waals surface area contributed by atoms with E-state index in [2.05, 4.69) is 49.2 Å². The van der Waals surface area contributed by atoms with Gasteiger partial charge in [-0.25, -0.2) is 4.98 Å². The van der Waals surface area contributed by atoms with Crippen LogP contribution in [0.3, 0.4) is 0 Å². The molecule has 74 valence electrons. The van der Waals surface area contributed by atoms with Crippen LogP contribution in [0.4, 0.5) is 0 Å². The van der Waals surface area contributed by atoms with E-state index in [-0.39, 0.29) is 5.41 Å². The molecule has 0 atom stereocenters. The molecule has 0 saturated heterocycles. The summed E-state index contributed by atoms with van der Waals surface area (Å²) in [6.07, 6.45) is 3.76. The van der Waals surface area contributed by atoms with Gasteiger partial charge in [0.25, 0.3) is 0 Å². The average molecular weight is 188 g/mol. The number of hydrogen-bond acceptors (Lipinski definition) is 1. The van der Waals surface area contributed by atoms with Gasteiger partial charge in [0.15, 0.2) is 0 Å². The lowest BCUT2D eigenvalue weighted by Gasteiger charge is -2.22. The minimum absolute atomic E-state index is 0.197. The first-order chi connectivity index (χ1) is 6.50. The van der Waals surface area contributed by atoms with E-state index in [4.69, 9.17) is 0 Å². The van der Waals surface area contributed by atoms with E-state index in [0.29, 0.717) is 0 Å². The van der Waals surface area contributed by atoms with Gasteiger partial charge in [-0.3, -0.25) is 0 Å². The van der Waals surface area contributed by atoms with Crippen molar-refractivity contribution in [1.82, 2.24) is 9.38 Å². The average Bonchev–Trinajstić information content (AvgIpc) is 2.50. The van der Waals surface area contributed by atoms with Gasteiger partial charge in [0.1, 0.15) is 0 Å². The smallest absolute Gasteiger partial charge is 0.0994 e. The van der Waals surface area contributed by atoms with Crippen molar-refractivity contribution in [2.45, 2.75) is 33.1 Å². The predicted octanol–water partition coefficient (Wildman–Crippen LogP) is 2.94. The van der Waals surface area contributed by atoms with Gasteiger partial charge in [0.2, 0.25) is 0 Å². The number of aromatic nitrogens is 2. The third-order valence-corrected chi connectivity index (χ3v) is 2.65. The van der Waals surface area contributed by atoms with Crippen molar-refractivity contribution >= 4 is 5.52 Å². The maximum absolute atomic E-state index is 4.15. The van der Waals surface area contributed by atoms with E-state index >= 15 is 0 Å². The van der Waals surface area contributed by atoms with Gasteiger partial charge in [-0.15, -0.1) is 0 Å². The molecule has 0 aromatic carbocycles. The fourth-order valence-electron chi connectivity index (χ4n) is 1.92. The minimum Gasteiger partial charge on any atom is -0.303 e. The van der Waals surface area contributed by atoms with Crippen molar-refractivity contribution in [3.63, 3.8) is 0 Å². The lowest BCUT2D eigenvalue weighted by molar-refractivity contribution is 0.581. The Hall–Kier alpha value is -1.31. The molecule has 0 aliphatic rings. The van der Waals surface area contributed by atoms with Crippen LogP contribution in [0.2, 0.25) is 0 Å². The SMILES string of the molecule is Cc1c(C(C)(C)C)ccc2cncn12. The highest BCUT2D eigenvalue weighted by Gasteiger charge is 2.17. The summed E-state index contributed by atoms with van der Waals surface area (Å²) in [5, 5.41) is 0. The zero-order valence-corrected chi connectivity index (χ0v) is 9.20. The van der Waals surface area contributed by atoms with Gasteiger partial charge >= 0.3 is 0 Å². The summed E-state index contributed by atoms with van der Waals surface area (Å²) in [5.41, 5.74) is 4.02. The Bertz CT molecular complexity index is 461. The van der Waals surface area contributed by atoms with Crippen molar-refractivity contribution < 1.29 is 0 Å². The molecule has 2 nitrogen and oxygen atoms in total. The molecular weight excluding hydrogens is 172 g/mol. The minimum atomic E-state index is 0.197. The highest BCUT2D eigenvalue weighted by molar-refractivity contribution is 5.49. The molecule has 0 amide bonds. The van der Waals surface area contributed by atoms with E-state index in [1.807, 2.05) is 12.5 Å². The van der Waals surface area contributed by atoms with Crippen molar-refractivity contribution in [3.05, 3.63) is 35.9 Å². The van der Waals surface area contributed by atoms with Gasteiger partial charge in [-0.1, -0.05) is 26.8 Å². The van der Waals surface area contributed by atoms with Crippen LogP contribution >= 0.6 is 0 Å². The molecule has 0 aliphatic carbocycles. The fourth-order valence-corrected chi connectivity index (χ4v) is 1.92. The summed E-state index contributed by atoms with van der Waals surface area (Å²) in [7, 11) is 0. The molecule has 2 heterocycles. The molecule has 0 N–H and O–H groups in total. The van der Waals surface area contributed by atoms with Crippen LogP contribution in [-0.2, 0) is 5.41 Å². The van der Waals surface area contributed by atoms with Crippen LogP contribution in [-0.4, -0.2) is 9.38 Å². The third-order valence-electron chi connectivity index (χ3n) is 2.65. The molecule has 0 saturated carbocycles. The van der Waals surface area contributed by atoms with Crippen LogP contribution in [0.5, 0.6) is 0 Å². The summed E-state index contributed by atoms with van der Waals surface area (Å²) < 4.78 is 2.14. The zero-order valence-electron chi connectivity index (χ0n) is 9.20. The fraction of sp³-hybridized carbons (Fsp3) is 0.417. The molecule has 14 heavy (non-hydrogen) atoms. The number of pyridine rings is 1. The second-order valence-electron chi connectivity index (χ2n) is 4.77. The van der Waals surface area contributed by atoms with E-state index in [9.17, 15) is 0 Å². The van der Waals surface area contributed by atoms with Gasteiger partial charge in [0.05, 0.1) is 18.0 Å². The number of imidazole rings is 1. The number of hydrogen-bond donors (Lipinski definition) is 0. The Balaban J connectivity index is 2.74. The van der Waals surface area contributed by atoms with Crippen LogP contribution < -0.4 is 0 Å². The molecule has 0 spiro atoms. The van der Waals surface area contributed by atoms with E-state index in [1.54, 1.807) is 0 Å². The van der Waals surface area contributed by atoms with Crippen molar-refractivity contribution in [2.24, 2.45) is 0 Å². The largest absolute Gasteiger partial charge is 0.303 e. The summed E-state index contributed by atoms with van der Waals surface area (Å²) >= 11 is 0. The van der Waals surface area contributed by atoms with Crippen LogP contribution in [0.15, 0.2) is 24.7 Å². The third kappa shape index (κ3) is 1.31. The molecule has 0 fully saturated rings. The molecule has 2 aromatic heterocycles. The molecule has 2 aromatic rings. The first kappa shape index (κ1) is 9.25. The van der Waals surface area contributed by atoms with Gasteiger partial charge in [-0.2, -0.15) is 0 Å². The Labute approximate surface area is 84.6 Å². The van der Waals surface area contributed by atoms with E-state index in [0.717, 1.165) is 5.52 Å². The molecule has 0 bridgehead atoms. The molecule has 2 heteroatoms. The summed E-state index contributed by atoms with van der Waals surface area (Å²) in [6.45, 7) is 8.85. The van der Waals surface area contributed by atoms with Crippen LogP contribution in [0.25, 0.3) is 5.52 Å². The topological polar surface area (TPSA) is 17.3 Å². The second-order valence-corrected chi connectivity index (χ2v) is 4.77. The molecule has 2 rings (SSSR count). The predicted molar refractivity (Wildman–Crippen MR) is 58.6 cm³/mol. The molecular formula is C12H16N2. The van der Waals surface area contributed by atoms with E-state index < -0.39 is 0 Å². The molecule has 0 unspecified atom stereocenters. The number of nitrogens with zero attached hydrogens (tertiary/aromatic N) is 2. The van der Waals surface area contributed by atoms with Gasteiger partial charge in [0, 0.05) is 5.69 Å². The summed E-state index contributed by atoms with van der Waals surface area (Å²) in [4.78, 5) is 4.15. The normalized spacial score (nSPS) is 12.3. The maximum atomic E-state index is 4.15. The zero-order chi connectivity index (χ0) is 10.3. The quantitative estimate of drug-likeness (QED) is 0.621. The second kappa shape index (κ2) is 2.84. The van der Waals surface area contributed by atoms with Crippen LogP contribution in [0, 0.1) is 6.92 Å². The lowest BCUT2D eigenvalue weighted by Crippen LogP contribution is -2.14. The van der Waals surface area contributed by atoms with Gasteiger partial charge in [-0.05, 0) is 24.0 Å². The van der Waals surface area contributed by atoms with Crippen molar-refractivity contribution in [3.8, 4) is 0 Å². The van der Waals surface area contributed by atoms with E-state index in [1.165, 1.54) is 11.3 Å². The number of fused-ring (bicyclic) bond motifs is 1.